The van der Waals surface area contributed by atoms with E-state index in [1.54, 1.807) is 0 Å². The second kappa shape index (κ2) is 4.64. The predicted molar refractivity (Wildman–Crippen MR) is 58.3 cm³/mol. The summed E-state index contributed by atoms with van der Waals surface area (Å²) >= 11 is 0. The molecule has 0 fully saturated rings. The van der Waals surface area contributed by atoms with Crippen LogP contribution in [0.5, 0.6) is 0 Å². The highest BCUT2D eigenvalue weighted by Crippen LogP contribution is 2.26. The molecule has 4 nitrogen and oxygen atoms in total. The van der Waals surface area contributed by atoms with Crippen molar-refractivity contribution in [3.63, 3.8) is 0 Å². The van der Waals surface area contributed by atoms with Crippen molar-refractivity contribution < 1.29 is 14.3 Å². The van der Waals surface area contributed by atoms with Crippen LogP contribution in [0.3, 0.4) is 0 Å². The molecule has 0 radical (unpaired) electrons. The molecule has 15 heavy (non-hydrogen) atoms. The number of amides is 1. The molecule has 0 aliphatic rings. The van der Waals surface area contributed by atoms with Crippen molar-refractivity contribution >= 4 is 11.9 Å². The second-order valence-corrected chi connectivity index (χ2v) is 5.57. The lowest BCUT2D eigenvalue weighted by Crippen LogP contribution is -2.48. The van der Waals surface area contributed by atoms with Crippen LogP contribution >= 0.6 is 0 Å². The molecule has 1 N–H and O–H groups in total. The molecule has 0 unspecified atom stereocenters. The van der Waals surface area contributed by atoms with E-state index in [9.17, 15) is 9.59 Å². The summed E-state index contributed by atoms with van der Waals surface area (Å²) in [5, 5.41) is 2.65. The van der Waals surface area contributed by atoms with Crippen LogP contribution in [0.15, 0.2) is 0 Å². The first-order chi connectivity index (χ1) is 6.57. The van der Waals surface area contributed by atoms with E-state index >= 15 is 0 Å². The van der Waals surface area contributed by atoms with Crippen LogP contribution in [0, 0.1) is 5.41 Å². The highest BCUT2D eigenvalue weighted by molar-refractivity contribution is 6.32. The van der Waals surface area contributed by atoms with Crippen molar-refractivity contribution in [2.45, 2.75) is 46.6 Å². The largest absolute Gasteiger partial charge is 0.462 e. The monoisotopic (exact) mass is 215 g/mol. The lowest BCUT2D eigenvalue weighted by atomic mass is 9.82. The zero-order chi connectivity index (χ0) is 12.3. The summed E-state index contributed by atoms with van der Waals surface area (Å²) in [4.78, 5) is 22.2. The quantitative estimate of drug-likeness (QED) is 0.561. The predicted octanol–water partition coefficient (Wildman–Crippen LogP) is 1.49. The molecule has 0 atom stereocenters. The molecular formula is C11H21NO3. The summed E-state index contributed by atoms with van der Waals surface area (Å²) in [6.45, 7) is 10.0. The maximum absolute atomic E-state index is 11.3. The van der Waals surface area contributed by atoms with E-state index in [4.69, 9.17) is 0 Å². The number of rotatable bonds is 2. The summed E-state index contributed by atoms with van der Waals surface area (Å²) in [5.41, 5.74) is -0.323. The van der Waals surface area contributed by atoms with Gasteiger partial charge in [0.15, 0.2) is 0 Å². The highest BCUT2D eigenvalue weighted by Gasteiger charge is 2.29. The van der Waals surface area contributed by atoms with E-state index in [1.807, 2.05) is 13.8 Å². The highest BCUT2D eigenvalue weighted by atomic mass is 16.5. The number of ether oxygens (including phenoxy) is 1. The van der Waals surface area contributed by atoms with Crippen LogP contribution < -0.4 is 5.32 Å². The van der Waals surface area contributed by atoms with Crippen molar-refractivity contribution in [2.75, 3.05) is 7.11 Å². The Morgan fingerprint density at radius 2 is 1.60 bits per heavy atom. The average Bonchev–Trinajstić information content (AvgIpc) is 1.96. The normalized spacial score (nSPS) is 12.1. The molecule has 4 heteroatoms. The Morgan fingerprint density at radius 1 is 1.13 bits per heavy atom. The van der Waals surface area contributed by atoms with Gasteiger partial charge in [-0.1, -0.05) is 20.8 Å². The Balaban J connectivity index is 4.38. The van der Waals surface area contributed by atoms with E-state index in [0.29, 0.717) is 0 Å². The Kier molecular flexibility index (Phi) is 4.31. The van der Waals surface area contributed by atoms with Gasteiger partial charge in [0.25, 0.3) is 0 Å². The van der Waals surface area contributed by atoms with Gasteiger partial charge in [-0.05, 0) is 25.7 Å². The summed E-state index contributed by atoms with van der Waals surface area (Å²) in [7, 11) is 1.19. The van der Waals surface area contributed by atoms with Gasteiger partial charge < -0.3 is 10.1 Å². The zero-order valence-corrected chi connectivity index (χ0v) is 10.4. The fourth-order valence-corrected chi connectivity index (χ4v) is 1.82. The molecule has 0 saturated carbocycles. The van der Waals surface area contributed by atoms with Crippen LogP contribution in [0.2, 0.25) is 0 Å². The van der Waals surface area contributed by atoms with Crippen molar-refractivity contribution in [1.82, 2.24) is 5.32 Å². The van der Waals surface area contributed by atoms with Gasteiger partial charge >= 0.3 is 11.9 Å². The number of carbonyl (C=O) groups is 2. The van der Waals surface area contributed by atoms with Crippen molar-refractivity contribution in [2.24, 2.45) is 5.41 Å². The minimum Gasteiger partial charge on any atom is -0.462 e. The fourth-order valence-electron chi connectivity index (χ4n) is 1.82. The Morgan fingerprint density at radius 3 is 1.93 bits per heavy atom. The van der Waals surface area contributed by atoms with Crippen LogP contribution in [-0.4, -0.2) is 24.5 Å². The van der Waals surface area contributed by atoms with E-state index < -0.39 is 17.4 Å². The molecule has 0 rings (SSSR count). The number of hydrogen-bond acceptors (Lipinski definition) is 3. The van der Waals surface area contributed by atoms with E-state index in [-0.39, 0.29) is 5.41 Å². The van der Waals surface area contributed by atoms with Gasteiger partial charge in [0.05, 0.1) is 7.11 Å². The molecule has 1 amide bonds. The SMILES string of the molecule is COC(=O)C(=O)NC(C)(C)CC(C)(C)C. The third kappa shape index (κ3) is 6.10. The van der Waals surface area contributed by atoms with Crippen molar-refractivity contribution in [1.29, 1.82) is 0 Å². The smallest absolute Gasteiger partial charge is 0.396 e. The molecule has 0 saturated heterocycles. The third-order valence-electron chi connectivity index (χ3n) is 1.79. The molecule has 0 spiro atoms. The van der Waals surface area contributed by atoms with E-state index in [2.05, 4.69) is 30.8 Å². The van der Waals surface area contributed by atoms with Gasteiger partial charge in [-0.15, -0.1) is 0 Å². The summed E-state index contributed by atoms with van der Waals surface area (Å²) in [6, 6.07) is 0. The third-order valence-corrected chi connectivity index (χ3v) is 1.79. The lowest BCUT2D eigenvalue weighted by Gasteiger charge is -2.32. The van der Waals surface area contributed by atoms with Crippen LogP contribution in [0.25, 0.3) is 0 Å². The van der Waals surface area contributed by atoms with Crippen LogP contribution in [0.1, 0.15) is 41.0 Å². The Hall–Kier alpha value is -1.06. The van der Waals surface area contributed by atoms with Gasteiger partial charge in [0, 0.05) is 5.54 Å². The maximum Gasteiger partial charge on any atom is 0.396 e. The Labute approximate surface area is 91.4 Å². The molecule has 0 aliphatic heterocycles. The van der Waals surface area contributed by atoms with Crippen LogP contribution in [-0.2, 0) is 14.3 Å². The van der Waals surface area contributed by atoms with Crippen molar-refractivity contribution in [3.8, 4) is 0 Å². The molecule has 0 bridgehead atoms. The number of carbonyl (C=O) groups excluding carboxylic acids is 2. The van der Waals surface area contributed by atoms with Gasteiger partial charge in [-0.25, -0.2) is 4.79 Å². The van der Waals surface area contributed by atoms with Crippen molar-refractivity contribution in [3.05, 3.63) is 0 Å². The van der Waals surface area contributed by atoms with Gasteiger partial charge in [-0.2, -0.15) is 0 Å². The molecule has 0 aromatic rings. The van der Waals surface area contributed by atoms with Gasteiger partial charge in [0.1, 0.15) is 0 Å². The average molecular weight is 215 g/mol. The number of methoxy groups -OCH3 is 1. The summed E-state index contributed by atoms with van der Waals surface area (Å²) in [5.74, 6) is -1.54. The molecule has 0 heterocycles. The van der Waals surface area contributed by atoms with Gasteiger partial charge in [0.2, 0.25) is 0 Å². The minimum atomic E-state index is -0.850. The Bertz CT molecular complexity index is 251. The lowest BCUT2D eigenvalue weighted by molar-refractivity contribution is -0.153. The molecule has 88 valence electrons. The molecular weight excluding hydrogens is 194 g/mol. The minimum absolute atomic E-state index is 0.0902. The standard InChI is InChI=1S/C11H21NO3/c1-10(2,3)7-11(4,5)12-8(13)9(14)15-6/h7H2,1-6H3,(H,12,13). The fraction of sp³-hybridized carbons (Fsp3) is 0.818. The topological polar surface area (TPSA) is 55.4 Å². The number of nitrogens with one attached hydrogen (secondary N) is 1. The number of esters is 1. The number of hydrogen-bond donors (Lipinski definition) is 1. The second-order valence-electron chi connectivity index (χ2n) is 5.57. The zero-order valence-electron chi connectivity index (χ0n) is 10.4. The maximum atomic E-state index is 11.3. The summed E-state index contributed by atoms with van der Waals surface area (Å²) in [6.07, 6.45) is 0.780. The first kappa shape index (κ1) is 13.9. The summed E-state index contributed by atoms with van der Waals surface area (Å²) < 4.78 is 4.34. The molecule has 0 aromatic carbocycles. The van der Waals surface area contributed by atoms with Crippen LogP contribution in [0.4, 0.5) is 0 Å². The van der Waals surface area contributed by atoms with Gasteiger partial charge in [-0.3, -0.25) is 4.79 Å². The first-order valence-electron chi connectivity index (χ1n) is 4.98. The van der Waals surface area contributed by atoms with E-state index in [1.165, 1.54) is 7.11 Å². The van der Waals surface area contributed by atoms with E-state index in [0.717, 1.165) is 6.42 Å². The molecule has 0 aromatic heterocycles. The first-order valence-corrected chi connectivity index (χ1v) is 4.98. The molecule has 0 aliphatic carbocycles.